The number of sulfonamides is 1. The van der Waals surface area contributed by atoms with Crippen LogP contribution in [0.4, 0.5) is 0 Å². The number of piperazine rings is 1. The Morgan fingerprint density at radius 1 is 1.17 bits per heavy atom. The lowest BCUT2D eigenvalue weighted by Crippen LogP contribution is -2.65. The van der Waals surface area contributed by atoms with E-state index in [1.807, 2.05) is 38.3 Å². The van der Waals surface area contributed by atoms with Crippen LogP contribution in [-0.2, 0) is 24.4 Å². The summed E-state index contributed by atoms with van der Waals surface area (Å²) in [7, 11) is -2.29. The third-order valence-corrected chi connectivity index (χ3v) is 13.9. The molecule has 13 nitrogen and oxygen atoms in total. The monoisotopic (exact) mass is 772 g/mol. The molecule has 4 heterocycles. The molecule has 3 aromatic rings. The van der Waals surface area contributed by atoms with Crippen LogP contribution < -0.4 is 24.8 Å². The van der Waals surface area contributed by atoms with Crippen molar-refractivity contribution >= 4 is 61.6 Å². The Labute approximate surface area is 312 Å². The molecule has 2 aliphatic heterocycles. The van der Waals surface area contributed by atoms with Crippen molar-refractivity contribution in [3.63, 3.8) is 0 Å². The normalized spacial score (nSPS) is 27.2. The number of benzene rings is 1. The standard InChI is InChI=1S/C36H45ClN6O7S2/c1-7-19-14-36(19,35(46)42-52(47,48)20-8-9-20)41-32(44)24-13-28(25-15-38-30(18(4)5)34(45)43(24)25)50-27-12-22(33-40-23(16-51-33)17(2)3)39-31-21(27)10-11-26(49-6)29(31)37/h10-12,16-20,24-25,28,30,38H,7-9,13-15H2,1-6H3,(H,41,44)(H,42,46)/t19-,24+,25-,28-,30-,36-/m1/s1. The zero-order chi connectivity index (χ0) is 37.3. The highest BCUT2D eigenvalue weighted by Crippen LogP contribution is 2.47. The number of thiazole rings is 1. The summed E-state index contributed by atoms with van der Waals surface area (Å²) in [5.41, 5.74) is 0.589. The molecule has 0 spiro atoms. The fraction of sp³-hybridized carbons (Fsp3) is 0.583. The van der Waals surface area contributed by atoms with Gasteiger partial charge in [0.05, 0.1) is 35.7 Å². The van der Waals surface area contributed by atoms with E-state index < -0.39 is 56.9 Å². The van der Waals surface area contributed by atoms with E-state index >= 15 is 0 Å². The fourth-order valence-electron chi connectivity index (χ4n) is 7.53. The Bertz CT molecular complexity index is 2040. The highest BCUT2D eigenvalue weighted by Gasteiger charge is 2.63. The number of hydrogen-bond acceptors (Lipinski definition) is 11. The van der Waals surface area contributed by atoms with Crippen LogP contribution in [0.3, 0.4) is 0 Å². The highest BCUT2D eigenvalue weighted by molar-refractivity contribution is 7.91. The van der Waals surface area contributed by atoms with Crippen molar-refractivity contribution in [2.75, 3.05) is 13.7 Å². The topological polar surface area (TPSA) is 169 Å². The van der Waals surface area contributed by atoms with Crippen molar-refractivity contribution in [2.45, 2.75) is 108 Å². The van der Waals surface area contributed by atoms with E-state index in [0.29, 0.717) is 70.4 Å². The Kier molecular flexibility index (Phi) is 9.71. The van der Waals surface area contributed by atoms with Gasteiger partial charge in [0.1, 0.15) is 44.9 Å². The van der Waals surface area contributed by atoms with E-state index in [0.717, 1.165) is 5.69 Å². The molecule has 2 saturated carbocycles. The van der Waals surface area contributed by atoms with Gasteiger partial charge in [-0.3, -0.25) is 19.1 Å². The minimum atomic E-state index is -3.83. The molecule has 3 amide bonds. The second-order valence-corrected chi connectivity index (χ2v) is 18.2. The van der Waals surface area contributed by atoms with Crippen LogP contribution >= 0.6 is 22.9 Å². The first-order chi connectivity index (χ1) is 24.7. The van der Waals surface area contributed by atoms with Gasteiger partial charge in [0.25, 0.3) is 5.91 Å². The third-order valence-electron chi connectivity index (χ3n) is 10.8. The first kappa shape index (κ1) is 36.8. The quantitative estimate of drug-likeness (QED) is 0.240. The largest absolute Gasteiger partial charge is 0.495 e. The van der Waals surface area contributed by atoms with Gasteiger partial charge in [-0.2, -0.15) is 0 Å². The number of fused-ring (bicyclic) bond motifs is 2. The number of pyridine rings is 1. The maximum Gasteiger partial charge on any atom is 0.259 e. The molecule has 2 aliphatic carbocycles. The van der Waals surface area contributed by atoms with Gasteiger partial charge in [0.15, 0.2) is 0 Å². The number of halogens is 1. The smallest absolute Gasteiger partial charge is 0.259 e. The molecule has 16 heteroatoms. The lowest BCUT2D eigenvalue weighted by atomic mass is 9.98. The minimum absolute atomic E-state index is 0.0485. The average Bonchev–Trinajstić information content (AvgIpc) is 3.99. The Morgan fingerprint density at radius 2 is 1.92 bits per heavy atom. The molecule has 6 atom stereocenters. The number of carbonyl (C=O) groups excluding carboxylic acids is 3. The Hall–Kier alpha value is -3.53. The van der Waals surface area contributed by atoms with E-state index in [1.54, 1.807) is 11.0 Å². The van der Waals surface area contributed by atoms with Gasteiger partial charge < -0.3 is 25.0 Å². The number of ether oxygens (including phenoxy) is 2. The summed E-state index contributed by atoms with van der Waals surface area (Å²) in [6.07, 6.45) is 1.39. The summed E-state index contributed by atoms with van der Waals surface area (Å²) in [6.45, 7) is 10.3. The second-order valence-electron chi connectivity index (χ2n) is 15.0. The van der Waals surface area contributed by atoms with Gasteiger partial charge in [-0.15, -0.1) is 11.3 Å². The van der Waals surface area contributed by atoms with Crippen molar-refractivity contribution < 1.29 is 32.3 Å². The second kappa shape index (κ2) is 13.7. The molecule has 52 heavy (non-hydrogen) atoms. The van der Waals surface area contributed by atoms with Gasteiger partial charge in [0.2, 0.25) is 21.8 Å². The number of aromatic nitrogens is 2. The number of methoxy groups -OCH3 is 1. The molecule has 4 aliphatic rings. The lowest BCUT2D eigenvalue weighted by Gasteiger charge is -2.40. The molecule has 0 bridgehead atoms. The van der Waals surface area contributed by atoms with E-state index in [4.69, 9.17) is 31.0 Å². The molecular formula is C36H45ClN6O7S2. The van der Waals surface area contributed by atoms with Crippen LogP contribution in [0.15, 0.2) is 23.6 Å². The fourth-order valence-corrected chi connectivity index (χ4v) is 10.1. The number of hydrogen-bond donors (Lipinski definition) is 3. The summed E-state index contributed by atoms with van der Waals surface area (Å²) in [5, 5.41) is 9.35. The molecule has 3 N–H and O–H groups in total. The summed E-state index contributed by atoms with van der Waals surface area (Å²) in [6, 6.07) is 3.37. The summed E-state index contributed by atoms with van der Waals surface area (Å²) >= 11 is 8.28. The average molecular weight is 773 g/mol. The van der Waals surface area contributed by atoms with Crippen LogP contribution in [-0.4, -0.2) is 89.7 Å². The van der Waals surface area contributed by atoms with Gasteiger partial charge >= 0.3 is 0 Å². The van der Waals surface area contributed by atoms with E-state index in [1.165, 1.54) is 18.4 Å². The van der Waals surface area contributed by atoms with Gasteiger partial charge in [-0.25, -0.2) is 18.4 Å². The molecule has 4 fully saturated rings. The van der Waals surface area contributed by atoms with Crippen LogP contribution in [0.1, 0.15) is 78.3 Å². The van der Waals surface area contributed by atoms with E-state index in [9.17, 15) is 22.8 Å². The van der Waals surface area contributed by atoms with Gasteiger partial charge in [-0.05, 0) is 49.1 Å². The molecule has 7 rings (SSSR count). The summed E-state index contributed by atoms with van der Waals surface area (Å²) in [4.78, 5) is 53.2. The number of amides is 3. The van der Waals surface area contributed by atoms with Crippen molar-refractivity contribution in [3.8, 4) is 22.2 Å². The third kappa shape index (κ3) is 6.51. The molecular weight excluding hydrogens is 728 g/mol. The predicted molar refractivity (Wildman–Crippen MR) is 198 cm³/mol. The summed E-state index contributed by atoms with van der Waals surface area (Å²) in [5.74, 6) is -0.613. The molecule has 0 unspecified atom stereocenters. The van der Waals surface area contributed by atoms with E-state index in [-0.39, 0.29) is 30.1 Å². The molecule has 280 valence electrons. The van der Waals surface area contributed by atoms with E-state index in [2.05, 4.69) is 29.2 Å². The Morgan fingerprint density at radius 3 is 2.54 bits per heavy atom. The Balaban J connectivity index is 1.23. The molecule has 2 aromatic heterocycles. The minimum Gasteiger partial charge on any atom is -0.495 e. The lowest BCUT2D eigenvalue weighted by molar-refractivity contribution is -0.146. The number of nitrogens with one attached hydrogen (secondary N) is 3. The van der Waals surface area contributed by atoms with Crippen molar-refractivity contribution in [3.05, 3.63) is 34.3 Å². The highest BCUT2D eigenvalue weighted by atomic mass is 35.5. The predicted octanol–water partition coefficient (Wildman–Crippen LogP) is 4.38. The molecule has 0 radical (unpaired) electrons. The van der Waals surface area contributed by atoms with Crippen molar-refractivity contribution in [1.29, 1.82) is 0 Å². The maximum atomic E-state index is 14.3. The van der Waals surface area contributed by atoms with Crippen LogP contribution in [0, 0.1) is 11.8 Å². The van der Waals surface area contributed by atoms with Crippen molar-refractivity contribution in [2.24, 2.45) is 11.8 Å². The van der Waals surface area contributed by atoms with Crippen LogP contribution in [0.25, 0.3) is 21.6 Å². The SMILES string of the molecule is CC[C@@H]1C[C@]1(NC(=O)[C@@H]1C[C@@H](Oc2cc(-c3nc(C(C)C)cs3)nc3c(Cl)c(OC)ccc23)[C@H]2CN[C@H](C(C)C)C(=O)N21)C(=O)NS(=O)(=O)C1CC1. The molecule has 1 aromatic carbocycles. The zero-order valence-electron chi connectivity index (χ0n) is 30.1. The number of nitrogens with zero attached hydrogens (tertiary/aromatic N) is 3. The zero-order valence-corrected chi connectivity index (χ0v) is 32.5. The number of carbonyl (C=O) groups is 3. The molecule has 2 saturated heterocycles. The number of rotatable bonds is 12. The maximum absolute atomic E-state index is 14.3. The first-order valence-electron chi connectivity index (χ1n) is 17.9. The van der Waals surface area contributed by atoms with Crippen LogP contribution in [0.2, 0.25) is 5.02 Å². The summed E-state index contributed by atoms with van der Waals surface area (Å²) < 4.78 is 40.0. The van der Waals surface area contributed by atoms with Crippen molar-refractivity contribution in [1.82, 2.24) is 30.2 Å². The van der Waals surface area contributed by atoms with Crippen LogP contribution in [0.5, 0.6) is 11.5 Å². The first-order valence-corrected chi connectivity index (χ1v) is 20.7. The van der Waals surface area contributed by atoms with Gasteiger partial charge in [-0.1, -0.05) is 52.6 Å². The van der Waals surface area contributed by atoms with Gasteiger partial charge in [0, 0.05) is 29.8 Å².